The molecular formula is C18H27N3O2. The van der Waals surface area contributed by atoms with Gasteiger partial charge in [0.15, 0.2) is 0 Å². The molecule has 2 saturated heterocycles. The molecule has 1 amide bonds. The van der Waals surface area contributed by atoms with Gasteiger partial charge >= 0.3 is 0 Å². The normalized spacial score (nSPS) is 37.1. The predicted molar refractivity (Wildman–Crippen MR) is 86.7 cm³/mol. The van der Waals surface area contributed by atoms with Crippen molar-refractivity contribution in [2.24, 2.45) is 24.3 Å². The minimum Gasteiger partial charge on any atom is -0.373 e. The first-order valence-electron chi connectivity index (χ1n) is 8.95. The van der Waals surface area contributed by atoms with Crippen molar-refractivity contribution in [2.45, 2.75) is 45.1 Å². The molecule has 3 fully saturated rings. The second-order valence-corrected chi connectivity index (χ2v) is 7.99. The quantitative estimate of drug-likeness (QED) is 0.842. The third-order valence-electron chi connectivity index (χ3n) is 6.16. The molecule has 1 saturated carbocycles. The summed E-state index contributed by atoms with van der Waals surface area (Å²) in [7, 11) is 1.90. The topological polar surface area (TPSA) is 47.4 Å². The van der Waals surface area contributed by atoms with E-state index in [0.29, 0.717) is 17.9 Å². The van der Waals surface area contributed by atoms with Crippen molar-refractivity contribution in [1.82, 2.24) is 14.7 Å². The molecule has 2 aliphatic heterocycles. The van der Waals surface area contributed by atoms with E-state index in [1.54, 1.807) is 4.68 Å². The van der Waals surface area contributed by atoms with Crippen LogP contribution >= 0.6 is 0 Å². The molecule has 1 spiro atoms. The van der Waals surface area contributed by atoms with E-state index in [-0.39, 0.29) is 12.0 Å². The molecular weight excluding hydrogens is 290 g/mol. The second kappa shape index (κ2) is 5.62. The average Bonchev–Trinajstić information content (AvgIpc) is 3.27. The van der Waals surface area contributed by atoms with Gasteiger partial charge in [-0.2, -0.15) is 5.10 Å². The van der Waals surface area contributed by atoms with Gasteiger partial charge in [0.1, 0.15) is 0 Å². The molecule has 4 rings (SSSR count). The molecule has 23 heavy (non-hydrogen) atoms. The van der Waals surface area contributed by atoms with Gasteiger partial charge in [-0.25, -0.2) is 0 Å². The molecule has 1 aromatic rings. The van der Waals surface area contributed by atoms with Crippen molar-refractivity contribution in [3.05, 3.63) is 18.0 Å². The molecule has 3 heterocycles. The summed E-state index contributed by atoms with van der Waals surface area (Å²) in [6, 6.07) is 0. The molecule has 0 aromatic carbocycles. The van der Waals surface area contributed by atoms with Gasteiger partial charge in [-0.05, 0) is 37.0 Å². The van der Waals surface area contributed by atoms with Crippen LogP contribution in [-0.2, 0) is 16.6 Å². The van der Waals surface area contributed by atoms with Crippen molar-refractivity contribution < 1.29 is 9.53 Å². The number of nitrogens with zero attached hydrogens (tertiary/aromatic N) is 3. The van der Waals surface area contributed by atoms with E-state index in [0.717, 1.165) is 31.0 Å². The lowest BCUT2D eigenvalue weighted by Gasteiger charge is -2.27. The van der Waals surface area contributed by atoms with Crippen LogP contribution < -0.4 is 0 Å². The number of likely N-dealkylation sites (tertiary alicyclic amines) is 1. The van der Waals surface area contributed by atoms with E-state index in [4.69, 9.17) is 4.74 Å². The lowest BCUT2D eigenvalue weighted by molar-refractivity contribution is -0.136. The maximum atomic E-state index is 13.1. The molecule has 5 heteroatoms. The zero-order valence-corrected chi connectivity index (χ0v) is 14.2. The zero-order valence-electron chi connectivity index (χ0n) is 14.2. The smallest absolute Gasteiger partial charge is 0.228 e. The largest absolute Gasteiger partial charge is 0.373 e. The van der Waals surface area contributed by atoms with E-state index in [1.807, 2.05) is 19.4 Å². The summed E-state index contributed by atoms with van der Waals surface area (Å²) in [5.74, 6) is 1.09. The monoisotopic (exact) mass is 317 g/mol. The van der Waals surface area contributed by atoms with Crippen LogP contribution in [0.3, 0.4) is 0 Å². The Labute approximate surface area is 138 Å². The number of aromatic nitrogens is 2. The number of hydrogen-bond acceptors (Lipinski definition) is 3. The third-order valence-corrected chi connectivity index (χ3v) is 6.16. The molecule has 2 unspecified atom stereocenters. The van der Waals surface area contributed by atoms with Gasteiger partial charge in [-0.3, -0.25) is 9.48 Å². The van der Waals surface area contributed by atoms with Gasteiger partial charge < -0.3 is 9.64 Å². The summed E-state index contributed by atoms with van der Waals surface area (Å²) in [6.07, 6.45) is 9.63. The SMILES string of the molecule is CC1CCC2(CCN(C(=O)[C@H]3CCO[C@@H]3c3cnn(C)c3)C2)C1. The number of carbonyl (C=O) groups excluding carboxylic acids is 1. The first kappa shape index (κ1) is 15.2. The van der Waals surface area contributed by atoms with E-state index < -0.39 is 0 Å². The molecule has 3 aliphatic rings. The standard InChI is InChI=1S/C18H27N3O2/c1-13-3-5-18(9-13)6-7-21(12-18)17(22)15-4-8-23-16(15)14-10-19-20(2)11-14/h10-11,13,15-16H,3-9,12H2,1-2H3/t13?,15-,16+,18?/m0/s1. The highest BCUT2D eigenvalue weighted by Gasteiger charge is 2.46. The molecule has 4 atom stereocenters. The minimum atomic E-state index is -0.116. The fourth-order valence-electron chi connectivity index (χ4n) is 4.98. The lowest BCUT2D eigenvalue weighted by Crippen LogP contribution is -2.37. The maximum Gasteiger partial charge on any atom is 0.228 e. The number of rotatable bonds is 2. The fraction of sp³-hybridized carbons (Fsp3) is 0.778. The van der Waals surface area contributed by atoms with Crippen molar-refractivity contribution in [1.29, 1.82) is 0 Å². The van der Waals surface area contributed by atoms with Crippen LogP contribution in [0.2, 0.25) is 0 Å². The van der Waals surface area contributed by atoms with E-state index in [9.17, 15) is 4.79 Å². The zero-order chi connectivity index (χ0) is 16.0. The molecule has 0 N–H and O–H groups in total. The van der Waals surface area contributed by atoms with Crippen LogP contribution in [0, 0.1) is 17.3 Å². The lowest BCUT2D eigenvalue weighted by atomic mass is 9.84. The molecule has 1 aliphatic carbocycles. The Kier molecular flexibility index (Phi) is 3.71. The van der Waals surface area contributed by atoms with Gasteiger partial charge in [0.05, 0.1) is 18.2 Å². The molecule has 5 nitrogen and oxygen atoms in total. The highest BCUT2D eigenvalue weighted by Crippen LogP contribution is 2.48. The molecule has 1 aromatic heterocycles. The first-order chi connectivity index (χ1) is 11.1. The minimum absolute atomic E-state index is 0.0341. The highest BCUT2D eigenvalue weighted by atomic mass is 16.5. The van der Waals surface area contributed by atoms with Crippen LogP contribution in [0.25, 0.3) is 0 Å². The van der Waals surface area contributed by atoms with Crippen molar-refractivity contribution in [3.63, 3.8) is 0 Å². The van der Waals surface area contributed by atoms with Crippen LogP contribution in [0.5, 0.6) is 0 Å². The van der Waals surface area contributed by atoms with Gasteiger partial charge in [0.25, 0.3) is 0 Å². The van der Waals surface area contributed by atoms with Gasteiger partial charge in [-0.15, -0.1) is 0 Å². The highest BCUT2D eigenvalue weighted by molar-refractivity contribution is 5.80. The Morgan fingerprint density at radius 3 is 2.96 bits per heavy atom. The van der Waals surface area contributed by atoms with Crippen molar-refractivity contribution >= 4 is 5.91 Å². The van der Waals surface area contributed by atoms with Gasteiger partial charge in [-0.1, -0.05) is 13.3 Å². The molecule has 0 bridgehead atoms. The Morgan fingerprint density at radius 1 is 1.39 bits per heavy atom. The first-order valence-corrected chi connectivity index (χ1v) is 8.95. The van der Waals surface area contributed by atoms with Crippen molar-refractivity contribution in [2.75, 3.05) is 19.7 Å². The number of aryl methyl sites for hydroxylation is 1. The van der Waals surface area contributed by atoms with E-state index in [1.165, 1.54) is 25.7 Å². The van der Waals surface area contributed by atoms with E-state index >= 15 is 0 Å². The van der Waals surface area contributed by atoms with Crippen LogP contribution in [0.1, 0.15) is 50.7 Å². The van der Waals surface area contributed by atoms with Crippen LogP contribution in [0.4, 0.5) is 0 Å². The fourth-order valence-corrected chi connectivity index (χ4v) is 4.98. The number of ether oxygens (including phenoxy) is 1. The Bertz CT molecular complexity index is 599. The summed E-state index contributed by atoms with van der Waals surface area (Å²) in [5, 5.41) is 4.23. The predicted octanol–water partition coefficient (Wildman–Crippen LogP) is 2.54. The average molecular weight is 317 g/mol. The number of amides is 1. The van der Waals surface area contributed by atoms with Crippen molar-refractivity contribution in [3.8, 4) is 0 Å². The van der Waals surface area contributed by atoms with Crippen LogP contribution in [-0.4, -0.2) is 40.3 Å². The van der Waals surface area contributed by atoms with Crippen LogP contribution in [0.15, 0.2) is 12.4 Å². The van der Waals surface area contributed by atoms with Gasteiger partial charge in [0, 0.05) is 38.5 Å². The number of hydrogen-bond donors (Lipinski definition) is 0. The summed E-state index contributed by atoms with van der Waals surface area (Å²) in [6.45, 7) is 4.92. The second-order valence-electron chi connectivity index (χ2n) is 7.99. The molecule has 0 radical (unpaired) electrons. The summed E-state index contributed by atoms with van der Waals surface area (Å²) in [5.41, 5.74) is 1.45. The summed E-state index contributed by atoms with van der Waals surface area (Å²) < 4.78 is 7.66. The summed E-state index contributed by atoms with van der Waals surface area (Å²) in [4.78, 5) is 15.2. The van der Waals surface area contributed by atoms with E-state index in [2.05, 4.69) is 16.9 Å². The Balaban J connectivity index is 1.46. The maximum absolute atomic E-state index is 13.1. The molecule has 126 valence electrons. The Morgan fingerprint density at radius 2 is 2.26 bits per heavy atom. The third kappa shape index (κ3) is 2.69. The van der Waals surface area contributed by atoms with Gasteiger partial charge in [0.2, 0.25) is 5.91 Å². The summed E-state index contributed by atoms with van der Waals surface area (Å²) >= 11 is 0. The Hall–Kier alpha value is -1.36. The number of carbonyl (C=O) groups is 1.